The van der Waals surface area contributed by atoms with Gasteiger partial charge in [0.2, 0.25) is 5.91 Å². The molecule has 1 aromatic rings. The van der Waals surface area contributed by atoms with E-state index in [2.05, 4.69) is 5.32 Å². The van der Waals surface area contributed by atoms with Gasteiger partial charge in [-0.05, 0) is 25.0 Å². The summed E-state index contributed by atoms with van der Waals surface area (Å²) in [7, 11) is 3.16. The molecule has 0 bridgehead atoms. The predicted molar refractivity (Wildman–Crippen MR) is 75.7 cm³/mol. The van der Waals surface area contributed by atoms with Gasteiger partial charge in [0.05, 0.1) is 25.8 Å². The average molecular weight is 266 g/mol. The number of nitrogens with two attached hydrogens (primary N) is 1. The van der Waals surface area contributed by atoms with Gasteiger partial charge in [0.1, 0.15) is 11.5 Å². The van der Waals surface area contributed by atoms with Crippen LogP contribution < -0.4 is 20.5 Å². The Morgan fingerprint density at radius 1 is 1.32 bits per heavy atom. The van der Waals surface area contributed by atoms with Crippen molar-refractivity contribution in [1.29, 1.82) is 0 Å². The summed E-state index contributed by atoms with van der Waals surface area (Å²) >= 11 is 0. The van der Waals surface area contributed by atoms with Crippen LogP contribution in [-0.2, 0) is 4.79 Å². The zero-order valence-corrected chi connectivity index (χ0v) is 11.9. The highest BCUT2D eigenvalue weighted by molar-refractivity contribution is 5.94. The van der Waals surface area contributed by atoms with Crippen LogP contribution in [0.1, 0.15) is 18.9 Å². The maximum Gasteiger partial charge on any atom is 0.228 e. The topological polar surface area (TPSA) is 73.6 Å². The first-order valence-electron chi connectivity index (χ1n) is 6.30. The highest BCUT2D eigenvalue weighted by atomic mass is 16.5. The summed E-state index contributed by atoms with van der Waals surface area (Å²) in [5.74, 6) is 1.02. The number of nitrogens with one attached hydrogen (secondary N) is 1. The summed E-state index contributed by atoms with van der Waals surface area (Å²) in [4.78, 5) is 12.0. The Labute approximate surface area is 114 Å². The predicted octanol–water partition coefficient (Wildman–Crippen LogP) is 1.94. The van der Waals surface area contributed by atoms with E-state index in [1.807, 2.05) is 19.9 Å². The molecule has 0 aliphatic carbocycles. The first kappa shape index (κ1) is 15.3. The molecule has 1 amide bonds. The third-order valence-electron chi connectivity index (χ3n) is 3.12. The molecule has 5 nitrogen and oxygen atoms in total. The summed E-state index contributed by atoms with van der Waals surface area (Å²) in [5.41, 5.74) is 7.12. The van der Waals surface area contributed by atoms with Gasteiger partial charge < -0.3 is 20.5 Å². The van der Waals surface area contributed by atoms with E-state index in [1.54, 1.807) is 20.3 Å². The van der Waals surface area contributed by atoms with Crippen molar-refractivity contribution >= 4 is 11.6 Å². The van der Waals surface area contributed by atoms with Gasteiger partial charge in [-0.15, -0.1) is 0 Å². The molecule has 1 unspecified atom stereocenters. The van der Waals surface area contributed by atoms with Crippen LogP contribution in [0.2, 0.25) is 0 Å². The Bertz CT molecular complexity index is 443. The fraction of sp³-hybridized carbons (Fsp3) is 0.500. The Morgan fingerprint density at radius 2 is 1.95 bits per heavy atom. The fourth-order valence-corrected chi connectivity index (χ4v) is 1.84. The first-order valence-corrected chi connectivity index (χ1v) is 6.30. The van der Waals surface area contributed by atoms with Gasteiger partial charge in [0.25, 0.3) is 0 Å². The number of methoxy groups -OCH3 is 2. The summed E-state index contributed by atoms with van der Waals surface area (Å²) in [6.45, 7) is 4.18. The molecule has 0 fully saturated rings. The number of carbonyl (C=O) groups excluding carboxylic acids is 1. The lowest BCUT2D eigenvalue weighted by atomic mass is 10.1. The number of aryl methyl sites for hydroxylation is 1. The number of rotatable bonds is 6. The van der Waals surface area contributed by atoms with Crippen molar-refractivity contribution < 1.29 is 14.3 Å². The molecule has 106 valence electrons. The number of amides is 1. The zero-order valence-electron chi connectivity index (χ0n) is 11.9. The van der Waals surface area contributed by atoms with E-state index in [0.29, 0.717) is 30.2 Å². The Kier molecular flexibility index (Phi) is 5.63. The van der Waals surface area contributed by atoms with Crippen molar-refractivity contribution in [3.05, 3.63) is 17.7 Å². The Morgan fingerprint density at radius 3 is 2.42 bits per heavy atom. The lowest BCUT2D eigenvalue weighted by molar-refractivity contribution is -0.119. The van der Waals surface area contributed by atoms with Crippen LogP contribution in [0.4, 0.5) is 5.69 Å². The molecule has 1 atom stereocenters. The number of ether oxygens (including phenoxy) is 2. The first-order chi connectivity index (χ1) is 9.07. The number of anilines is 1. The van der Waals surface area contributed by atoms with E-state index in [-0.39, 0.29) is 11.8 Å². The maximum absolute atomic E-state index is 12.0. The minimum atomic E-state index is -0.197. The molecule has 1 rings (SSSR count). The minimum Gasteiger partial charge on any atom is -0.496 e. The van der Waals surface area contributed by atoms with Crippen LogP contribution in [-0.4, -0.2) is 26.7 Å². The lowest BCUT2D eigenvalue weighted by Crippen LogP contribution is -2.28. The van der Waals surface area contributed by atoms with Crippen LogP contribution >= 0.6 is 0 Å². The third-order valence-corrected chi connectivity index (χ3v) is 3.12. The van der Waals surface area contributed by atoms with Gasteiger partial charge in [-0.2, -0.15) is 0 Å². The normalized spacial score (nSPS) is 11.8. The monoisotopic (exact) mass is 266 g/mol. The smallest absolute Gasteiger partial charge is 0.228 e. The van der Waals surface area contributed by atoms with Gasteiger partial charge in [-0.25, -0.2) is 0 Å². The summed E-state index contributed by atoms with van der Waals surface area (Å²) < 4.78 is 10.5. The van der Waals surface area contributed by atoms with Gasteiger partial charge in [0, 0.05) is 12.6 Å². The van der Waals surface area contributed by atoms with Gasteiger partial charge in [-0.3, -0.25) is 4.79 Å². The third kappa shape index (κ3) is 3.61. The highest BCUT2D eigenvalue weighted by Crippen LogP contribution is 2.32. The molecule has 0 aromatic heterocycles. The second-order valence-electron chi connectivity index (χ2n) is 4.35. The highest BCUT2D eigenvalue weighted by Gasteiger charge is 2.17. The Hall–Kier alpha value is -1.75. The van der Waals surface area contributed by atoms with E-state index < -0.39 is 0 Å². The molecule has 0 heterocycles. The maximum atomic E-state index is 12.0. The van der Waals surface area contributed by atoms with Crippen molar-refractivity contribution in [3.63, 3.8) is 0 Å². The molecule has 1 aromatic carbocycles. The van der Waals surface area contributed by atoms with Crippen LogP contribution in [0.5, 0.6) is 11.5 Å². The van der Waals surface area contributed by atoms with E-state index in [9.17, 15) is 4.79 Å². The SMILES string of the molecule is CCC(CN)C(=O)Nc1cc(OC)c(C)cc1OC. The molecule has 0 aliphatic heterocycles. The average Bonchev–Trinajstić information content (AvgIpc) is 2.41. The number of hydrogen-bond acceptors (Lipinski definition) is 4. The molecular weight excluding hydrogens is 244 g/mol. The summed E-state index contributed by atoms with van der Waals surface area (Å²) in [6.07, 6.45) is 0.702. The minimum absolute atomic E-state index is 0.103. The number of benzene rings is 1. The molecule has 19 heavy (non-hydrogen) atoms. The van der Waals surface area contributed by atoms with Crippen molar-refractivity contribution in [2.45, 2.75) is 20.3 Å². The van der Waals surface area contributed by atoms with E-state index >= 15 is 0 Å². The standard InChI is InChI=1S/C14H22N2O3/c1-5-10(8-15)14(17)16-11-7-12(18-3)9(2)6-13(11)19-4/h6-7,10H,5,8,15H2,1-4H3,(H,16,17). The summed E-state index contributed by atoms with van der Waals surface area (Å²) in [5, 5.41) is 2.84. The van der Waals surface area contributed by atoms with Crippen molar-refractivity contribution in [2.24, 2.45) is 11.7 Å². The van der Waals surface area contributed by atoms with Crippen LogP contribution in [0.3, 0.4) is 0 Å². The summed E-state index contributed by atoms with van der Waals surface area (Å²) in [6, 6.07) is 3.59. The van der Waals surface area contributed by atoms with E-state index in [4.69, 9.17) is 15.2 Å². The molecular formula is C14H22N2O3. The molecule has 0 saturated heterocycles. The van der Waals surface area contributed by atoms with Gasteiger partial charge in [-0.1, -0.05) is 6.92 Å². The van der Waals surface area contributed by atoms with Crippen LogP contribution in [0.25, 0.3) is 0 Å². The largest absolute Gasteiger partial charge is 0.496 e. The number of hydrogen-bond donors (Lipinski definition) is 2. The van der Waals surface area contributed by atoms with Crippen molar-refractivity contribution in [2.75, 3.05) is 26.1 Å². The lowest BCUT2D eigenvalue weighted by Gasteiger charge is -2.16. The molecule has 0 radical (unpaired) electrons. The quantitative estimate of drug-likeness (QED) is 0.825. The molecule has 5 heteroatoms. The van der Waals surface area contributed by atoms with Gasteiger partial charge in [0.15, 0.2) is 0 Å². The fourth-order valence-electron chi connectivity index (χ4n) is 1.84. The van der Waals surface area contributed by atoms with E-state index in [0.717, 1.165) is 5.56 Å². The second-order valence-corrected chi connectivity index (χ2v) is 4.35. The van der Waals surface area contributed by atoms with Crippen LogP contribution in [0.15, 0.2) is 12.1 Å². The second kappa shape index (κ2) is 6.99. The van der Waals surface area contributed by atoms with Gasteiger partial charge >= 0.3 is 0 Å². The molecule has 0 saturated carbocycles. The zero-order chi connectivity index (χ0) is 14.4. The molecule has 0 aliphatic rings. The van der Waals surface area contributed by atoms with Crippen LogP contribution in [0, 0.1) is 12.8 Å². The van der Waals surface area contributed by atoms with Crippen molar-refractivity contribution in [1.82, 2.24) is 0 Å². The molecule has 0 spiro atoms. The Balaban J connectivity index is 3.02. The molecule has 3 N–H and O–H groups in total. The van der Waals surface area contributed by atoms with Crippen molar-refractivity contribution in [3.8, 4) is 11.5 Å². The van der Waals surface area contributed by atoms with E-state index in [1.165, 1.54) is 0 Å². The number of carbonyl (C=O) groups is 1.